The Morgan fingerprint density at radius 3 is 2.28 bits per heavy atom. The molecule has 0 heterocycles. The van der Waals surface area contributed by atoms with Crippen LogP contribution in [-0.2, 0) is 11.2 Å². The Morgan fingerprint density at radius 1 is 1.33 bits per heavy atom. The maximum absolute atomic E-state index is 11.0. The van der Waals surface area contributed by atoms with Crippen LogP contribution in [0.15, 0.2) is 24.3 Å². The molecule has 0 saturated carbocycles. The van der Waals surface area contributed by atoms with Gasteiger partial charge in [-0.05, 0) is 45.1 Å². The summed E-state index contributed by atoms with van der Waals surface area (Å²) >= 11 is 0. The lowest BCUT2D eigenvalue weighted by molar-refractivity contribution is -0.139. The van der Waals surface area contributed by atoms with Gasteiger partial charge in [-0.1, -0.05) is 12.1 Å². The first-order valence-corrected chi connectivity index (χ1v) is 5.89. The lowest BCUT2D eigenvalue weighted by Gasteiger charge is -2.35. The minimum absolute atomic E-state index is 0.117. The summed E-state index contributed by atoms with van der Waals surface area (Å²) in [7, 11) is 5.45. The van der Waals surface area contributed by atoms with Crippen molar-refractivity contribution in [3.8, 4) is 5.75 Å². The van der Waals surface area contributed by atoms with Crippen LogP contribution >= 0.6 is 0 Å². The fourth-order valence-electron chi connectivity index (χ4n) is 1.89. The van der Waals surface area contributed by atoms with Gasteiger partial charge in [0.05, 0.1) is 13.5 Å². The van der Waals surface area contributed by atoms with Gasteiger partial charge in [0.1, 0.15) is 5.75 Å². The summed E-state index contributed by atoms with van der Waals surface area (Å²) in [4.78, 5) is 12.9. The second-order valence-electron chi connectivity index (χ2n) is 4.99. The molecule has 4 heteroatoms. The summed E-state index contributed by atoms with van der Waals surface area (Å²) in [6.45, 7) is 1.96. The van der Waals surface area contributed by atoms with Crippen molar-refractivity contribution in [1.29, 1.82) is 0 Å². The normalized spacial score (nSPS) is 14.3. The van der Waals surface area contributed by atoms with E-state index in [4.69, 9.17) is 9.84 Å². The molecule has 1 unspecified atom stereocenters. The second kappa shape index (κ2) is 5.87. The molecule has 0 aliphatic heterocycles. The summed E-state index contributed by atoms with van der Waals surface area (Å²) < 4.78 is 5.11. The molecule has 18 heavy (non-hydrogen) atoms. The number of hydrogen-bond donors (Lipinski definition) is 1. The number of likely N-dealkylation sites (N-methyl/N-ethyl adjacent to an activating group) is 1. The zero-order valence-corrected chi connectivity index (χ0v) is 11.4. The highest BCUT2D eigenvalue weighted by atomic mass is 16.5. The summed E-state index contributed by atoms with van der Waals surface area (Å²) in [6.07, 6.45) is 0.808. The Hall–Kier alpha value is -1.55. The monoisotopic (exact) mass is 251 g/mol. The second-order valence-corrected chi connectivity index (χ2v) is 4.99. The van der Waals surface area contributed by atoms with Gasteiger partial charge in [0, 0.05) is 5.54 Å². The number of carboxylic acids is 1. The van der Waals surface area contributed by atoms with E-state index < -0.39 is 5.97 Å². The van der Waals surface area contributed by atoms with Crippen molar-refractivity contribution in [3.63, 3.8) is 0 Å². The lowest BCUT2D eigenvalue weighted by Crippen LogP contribution is -2.45. The average molecular weight is 251 g/mol. The maximum atomic E-state index is 11.0. The topological polar surface area (TPSA) is 49.8 Å². The minimum atomic E-state index is -0.778. The fourth-order valence-corrected chi connectivity index (χ4v) is 1.89. The lowest BCUT2D eigenvalue weighted by atomic mass is 9.88. The molecule has 1 aromatic carbocycles. The number of carbonyl (C=O) groups is 1. The van der Waals surface area contributed by atoms with Crippen molar-refractivity contribution in [2.45, 2.75) is 25.3 Å². The average Bonchev–Trinajstić information content (AvgIpc) is 2.28. The third kappa shape index (κ3) is 3.74. The molecule has 1 aromatic rings. The molecule has 0 fully saturated rings. The Morgan fingerprint density at radius 2 is 1.89 bits per heavy atom. The van der Waals surface area contributed by atoms with Crippen molar-refractivity contribution in [2.75, 3.05) is 21.2 Å². The maximum Gasteiger partial charge on any atom is 0.305 e. The Balaban J connectivity index is 2.85. The van der Waals surface area contributed by atoms with Crippen LogP contribution in [0.4, 0.5) is 0 Å². The van der Waals surface area contributed by atoms with E-state index in [1.165, 1.54) is 0 Å². The number of methoxy groups -OCH3 is 1. The SMILES string of the molecule is COc1ccc(CC(C)(CC(=O)O)N(C)C)cc1. The molecule has 0 radical (unpaired) electrons. The van der Waals surface area contributed by atoms with Crippen LogP contribution in [0, 0.1) is 0 Å². The fraction of sp³-hybridized carbons (Fsp3) is 0.500. The number of carboxylic acid groups (broad SMARTS) is 1. The molecule has 4 nitrogen and oxygen atoms in total. The van der Waals surface area contributed by atoms with Crippen LogP contribution in [0.5, 0.6) is 5.75 Å². The number of aliphatic carboxylic acids is 1. The first kappa shape index (κ1) is 14.5. The molecule has 0 saturated heterocycles. The molecule has 1 N–H and O–H groups in total. The number of benzene rings is 1. The van der Waals surface area contributed by atoms with E-state index in [1.54, 1.807) is 7.11 Å². The Bertz CT molecular complexity index is 400. The summed E-state index contributed by atoms with van der Waals surface area (Å²) in [5.74, 6) is 0.0308. The van der Waals surface area contributed by atoms with Gasteiger partial charge in [-0.25, -0.2) is 0 Å². The van der Waals surface area contributed by atoms with E-state index in [-0.39, 0.29) is 12.0 Å². The van der Waals surface area contributed by atoms with Crippen LogP contribution in [0.2, 0.25) is 0 Å². The first-order chi connectivity index (χ1) is 8.37. The molecule has 100 valence electrons. The quantitative estimate of drug-likeness (QED) is 0.840. The number of hydrogen-bond acceptors (Lipinski definition) is 3. The van der Waals surface area contributed by atoms with E-state index in [0.29, 0.717) is 6.42 Å². The Kier molecular flexibility index (Phi) is 4.73. The molecule has 0 aliphatic carbocycles. The first-order valence-electron chi connectivity index (χ1n) is 5.89. The van der Waals surface area contributed by atoms with E-state index in [2.05, 4.69) is 0 Å². The summed E-state index contributed by atoms with van der Waals surface area (Å²) in [6, 6.07) is 7.74. The van der Waals surface area contributed by atoms with Crippen molar-refractivity contribution >= 4 is 5.97 Å². The van der Waals surface area contributed by atoms with Gasteiger partial charge >= 0.3 is 5.97 Å². The molecule has 1 atom stereocenters. The Labute approximate surface area is 108 Å². The van der Waals surface area contributed by atoms with Gasteiger partial charge < -0.3 is 14.7 Å². The highest BCUT2D eigenvalue weighted by molar-refractivity contribution is 5.68. The molecular formula is C14H21NO3. The van der Waals surface area contributed by atoms with Gasteiger partial charge in [-0.2, -0.15) is 0 Å². The highest BCUT2D eigenvalue weighted by Gasteiger charge is 2.30. The summed E-state index contributed by atoms with van der Waals surface area (Å²) in [5, 5.41) is 9.01. The van der Waals surface area contributed by atoms with Gasteiger partial charge in [-0.15, -0.1) is 0 Å². The van der Waals surface area contributed by atoms with E-state index in [9.17, 15) is 4.79 Å². The number of nitrogens with zero attached hydrogens (tertiary/aromatic N) is 1. The molecular weight excluding hydrogens is 230 g/mol. The zero-order valence-electron chi connectivity index (χ0n) is 11.4. The van der Waals surface area contributed by atoms with Crippen LogP contribution in [-0.4, -0.2) is 42.7 Å². The van der Waals surface area contributed by atoms with E-state index >= 15 is 0 Å². The predicted octanol–water partition coefficient (Wildman–Crippen LogP) is 2.03. The third-order valence-electron chi connectivity index (χ3n) is 3.36. The molecule has 0 aliphatic rings. The zero-order chi connectivity index (χ0) is 13.8. The van der Waals surface area contributed by atoms with Crippen molar-refractivity contribution in [2.24, 2.45) is 0 Å². The molecule has 0 aromatic heterocycles. The van der Waals surface area contributed by atoms with E-state index in [0.717, 1.165) is 11.3 Å². The van der Waals surface area contributed by atoms with Crippen molar-refractivity contribution in [3.05, 3.63) is 29.8 Å². The van der Waals surface area contributed by atoms with Crippen molar-refractivity contribution in [1.82, 2.24) is 4.90 Å². The van der Waals surface area contributed by atoms with E-state index in [1.807, 2.05) is 50.2 Å². The number of rotatable bonds is 6. The number of ether oxygens (including phenoxy) is 1. The highest BCUT2D eigenvalue weighted by Crippen LogP contribution is 2.23. The van der Waals surface area contributed by atoms with Gasteiger partial charge in [-0.3, -0.25) is 4.79 Å². The molecule has 0 amide bonds. The van der Waals surface area contributed by atoms with Crippen LogP contribution in [0.3, 0.4) is 0 Å². The standard InChI is InChI=1S/C14H21NO3/c1-14(15(2)3,10-13(16)17)9-11-5-7-12(18-4)8-6-11/h5-8H,9-10H2,1-4H3,(H,16,17). The van der Waals surface area contributed by atoms with Crippen LogP contribution < -0.4 is 4.74 Å². The predicted molar refractivity (Wildman–Crippen MR) is 71.0 cm³/mol. The van der Waals surface area contributed by atoms with Crippen molar-refractivity contribution < 1.29 is 14.6 Å². The van der Waals surface area contributed by atoms with Gasteiger partial charge in [0.25, 0.3) is 0 Å². The smallest absolute Gasteiger partial charge is 0.305 e. The van der Waals surface area contributed by atoms with Gasteiger partial charge in [0.15, 0.2) is 0 Å². The van der Waals surface area contributed by atoms with Crippen LogP contribution in [0.25, 0.3) is 0 Å². The van der Waals surface area contributed by atoms with Crippen LogP contribution in [0.1, 0.15) is 18.9 Å². The largest absolute Gasteiger partial charge is 0.497 e. The minimum Gasteiger partial charge on any atom is -0.497 e. The molecule has 0 spiro atoms. The molecule has 0 bridgehead atoms. The third-order valence-corrected chi connectivity index (χ3v) is 3.36. The molecule has 1 rings (SSSR count). The van der Waals surface area contributed by atoms with Gasteiger partial charge in [0.2, 0.25) is 0 Å². The summed E-state index contributed by atoms with van der Waals surface area (Å²) in [5.41, 5.74) is 0.716.